The van der Waals surface area contributed by atoms with Crippen LogP contribution in [0.15, 0.2) is 24.3 Å². The lowest BCUT2D eigenvalue weighted by atomic mass is 10.0. The summed E-state index contributed by atoms with van der Waals surface area (Å²) in [5, 5.41) is 3.54. The zero-order chi connectivity index (χ0) is 17.8. The summed E-state index contributed by atoms with van der Waals surface area (Å²) in [5.74, 6) is -0.515. The summed E-state index contributed by atoms with van der Waals surface area (Å²) in [6.45, 7) is 6.91. The number of halogens is 1. The first-order chi connectivity index (χ1) is 12.0. The van der Waals surface area contributed by atoms with Gasteiger partial charge in [0, 0.05) is 30.2 Å². The summed E-state index contributed by atoms with van der Waals surface area (Å²) in [5.41, 5.74) is 1.90. The molecule has 4 nitrogen and oxygen atoms in total. The molecule has 1 aromatic heterocycles. The molecule has 1 aromatic carbocycles. The number of hydrogen-bond acceptors (Lipinski definition) is 3. The van der Waals surface area contributed by atoms with Crippen molar-refractivity contribution in [3.05, 3.63) is 41.3 Å². The Hall–Kier alpha value is -2.01. The summed E-state index contributed by atoms with van der Waals surface area (Å²) in [4.78, 5) is 19.4. The van der Waals surface area contributed by atoms with E-state index in [2.05, 4.69) is 22.1 Å². The van der Waals surface area contributed by atoms with E-state index in [1.165, 1.54) is 31.4 Å². The number of aryl methyl sites for hydroxylation is 1. The fourth-order valence-corrected chi connectivity index (χ4v) is 3.59. The van der Waals surface area contributed by atoms with Crippen LogP contribution in [0.3, 0.4) is 0 Å². The van der Waals surface area contributed by atoms with Crippen LogP contribution in [0.1, 0.15) is 48.7 Å². The van der Waals surface area contributed by atoms with Crippen LogP contribution in [0.25, 0.3) is 10.9 Å². The highest BCUT2D eigenvalue weighted by molar-refractivity contribution is 6.06. The van der Waals surface area contributed by atoms with Gasteiger partial charge in [-0.1, -0.05) is 6.42 Å². The normalized spacial score (nSPS) is 18.4. The van der Waals surface area contributed by atoms with Crippen LogP contribution < -0.4 is 5.32 Å². The molecule has 0 radical (unpaired) electrons. The summed E-state index contributed by atoms with van der Waals surface area (Å²) in [6, 6.07) is 6.73. The predicted octanol–water partition coefficient (Wildman–Crippen LogP) is 3.68. The summed E-state index contributed by atoms with van der Waals surface area (Å²) < 4.78 is 13.6. The number of piperidine rings is 1. The number of likely N-dealkylation sites (tertiary alicyclic amines) is 1. The predicted molar refractivity (Wildman–Crippen MR) is 98.3 cm³/mol. The average Bonchev–Trinajstić information content (AvgIpc) is 2.59. The lowest BCUT2D eigenvalue weighted by molar-refractivity contribution is 0.0950. The summed E-state index contributed by atoms with van der Waals surface area (Å²) in [6.07, 6.45) is 4.77. The lowest BCUT2D eigenvalue weighted by Gasteiger charge is -2.33. The third-order valence-electron chi connectivity index (χ3n) is 4.99. The van der Waals surface area contributed by atoms with Gasteiger partial charge in [0.1, 0.15) is 5.82 Å². The maximum absolute atomic E-state index is 13.6. The number of pyridine rings is 1. The minimum atomic E-state index is -0.355. The fraction of sp³-hybridized carbons (Fsp3) is 0.500. The van der Waals surface area contributed by atoms with Gasteiger partial charge in [-0.05, 0) is 63.9 Å². The Kier molecular flexibility index (Phi) is 5.63. The standard InChI is InChI=1S/C20H26FN3O/c1-14-12-18(17-13-16(21)7-8-19(17)23-14)20(25)22-9-5-11-24-10-4-3-6-15(24)2/h7-8,12-13,15H,3-6,9-11H2,1-2H3,(H,22,25). The molecule has 1 saturated heterocycles. The van der Waals surface area contributed by atoms with E-state index in [4.69, 9.17) is 0 Å². The highest BCUT2D eigenvalue weighted by Gasteiger charge is 2.17. The Bertz CT molecular complexity index is 762. The van der Waals surface area contributed by atoms with Crippen molar-refractivity contribution in [2.75, 3.05) is 19.6 Å². The summed E-state index contributed by atoms with van der Waals surface area (Å²) >= 11 is 0. The zero-order valence-electron chi connectivity index (χ0n) is 15.0. The molecular formula is C20H26FN3O. The van der Waals surface area contributed by atoms with Gasteiger partial charge in [0.15, 0.2) is 0 Å². The Morgan fingerprint density at radius 1 is 1.36 bits per heavy atom. The van der Waals surface area contributed by atoms with Crippen molar-refractivity contribution in [3.63, 3.8) is 0 Å². The molecule has 134 valence electrons. The number of carbonyl (C=O) groups excluding carboxylic acids is 1. The first-order valence-corrected chi connectivity index (χ1v) is 9.14. The molecule has 1 N–H and O–H groups in total. The van der Waals surface area contributed by atoms with Gasteiger partial charge in [-0.2, -0.15) is 0 Å². The van der Waals surface area contributed by atoms with Gasteiger partial charge in [-0.15, -0.1) is 0 Å². The first-order valence-electron chi connectivity index (χ1n) is 9.14. The van der Waals surface area contributed by atoms with E-state index in [9.17, 15) is 9.18 Å². The van der Waals surface area contributed by atoms with Gasteiger partial charge in [-0.25, -0.2) is 4.39 Å². The van der Waals surface area contributed by atoms with Gasteiger partial charge in [0.05, 0.1) is 11.1 Å². The second-order valence-corrected chi connectivity index (χ2v) is 6.96. The molecule has 0 aliphatic carbocycles. The third-order valence-corrected chi connectivity index (χ3v) is 4.99. The maximum Gasteiger partial charge on any atom is 0.252 e. The zero-order valence-corrected chi connectivity index (χ0v) is 15.0. The van der Waals surface area contributed by atoms with Crippen molar-refractivity contribution < 1.29 is 9.18 Å². The highest BCUT2D eigenvalue weighted by Crippen LogP contribution is 2.20. The average molecular weight is 343 g/mol. The largest absolute Gasteiger partial charge is 0.352 e. The van der Waals surface area contributed by atoms with Gasteiger partial charge < -0.3 is 10.2 Å². The van der Waals surface area contributed by atoms with E-state index in [1.54, 1.807) is 12.1 Å². The van der Waals surface area contributed by atoms with E-state index < -0.39 is 0 Å². The van der Waals surface area contributed by atoms with Crippen LogP contribution in [0.4, 0.5) is 4.39 Å². The van der Waals surface area contributed by atoms with E-state index in [0.29, 0.717) is 29.1 Å². The minimum Gasteiger partial charge on any atom is -0.352 e. The number of benzene rings is 1. The van der Waals surface area contributed by atoms with E-state index in [-0.39, 0.29) is 11.7 Å². The number of rotatable bonds is 5. The van der Waals surface area contributed by atoms with E-state index in [0.717, 1.165) is 25.2 Å². The Labute approximate surface area is 148 Å². The Balaban J connectivity index is 1.61. The molecule has 25 heavy (non-hydrogen) atoms. The van der Waals surface area contributed by atoms with Crippen LogP contribution in [-0.2, 0) is 0 Å². The molecule has 5 heteroatoms. The number of nitrogens with zero attached hydrogens (tertiary/aromatic N) is 2. The molecule has 1 atom stereocenters. The van der Waals surface area contributed by atoms with Crippen molar-refractivity contribution >= 4 is 16.8 Å². The van der Waals surface area contributed by atoms with Crippen LogP contribution in [0, 0.1) is 12.7 Å². The Morgan fingerprint density at radius 3 is 3.00 bits per heavy atom. The van der Waals surface area contributed by atoms with Gasteiger partial charge in [-0.3, -0.25) is 9.78 Å². The van der Waals surface area contributed by atoms with Crippen LogP contribution in [-0.4, -0.2) is 41.5 Å². The van der Waals surface area contributed by atoms with Crippen molar-refractivity contribution in [2.45, 2.75) is 45.6 Å². The molecule has 1 aliphatic heterocycles. The smallest absolute Gasteiger partial charge is 0.252 e. The number of amides is 1. The van der Waals surface area contributed by atoms with E-state index >= 15 is 0 Å². The van der Waals surface area contributed by atoms with Crippen molar-refractivity contribution in [3.8, 4) is 0 Å². The molecule has 1 fully saturated rings. The van der Waals surface area contributed by atoms with Gasteiger partial charge >= 0.3 is 0 Å². The van der Waals surface area contributed by atoms with E-state index in [1.807, 2.05) is 6.92 Å². The Morgan fingerprint density at radius 2 is 2.20 bits per heavy atom. The lowest BCUT2D eigenvalue weighted by Crippen LogP contribution is -2.39. The van der Waals surface area contributed by atoms with Gasteiger partial charge in [0.25, 0.3) is 5.91 Å². The summed E-state index contributed by atoms with van der Waals surface area (Å²) in [7, 11) is 0. The minimum absolute atomic E-state index is 0.159. The third kappa shape index (κ3) is 4.34. The van der Waals surface area contributed by atoms with Crippen LogP contribution >= 0.6 is 0 Å². The number of hydrogen-bond donors (Lipinski definition) is 1. The topological polar surface area (TPSA) is 45.2 Å². The number of carbonyl (C=O) groups is 1. The molecule has 3 rings (SSSR count). The molecule has 0 bridgehead atoms. The van der Waals surface area contributed by atoms with Gasteiger partial charge in [0.2, 0.25) is 0 Å². The molecule has 0 spiro atoms. The molecular weight excluding hydrogens is 317 g/mol. The molecule has 0 saturated carbocycles. The molecule has 2 aromatic rings. The fourth-order valence-electron chi connectivity index (χ4n) is 3.59. The van der Waals surface area contributed by atoms with Crippen molar-refractivity contribution in [2.24, 2.45) is 0 Å². The number of fused-ring (bicyclic) bond motifs is 1. The second kappa shape index (κ2) is 7.91. The van der Waals surface area contributed by atoms with Crippen molar-refractivity contribution in [1.82, 2.24) is 15.2 Å². The molecule has 1 aliphatic rings. The second-order valence-electron chi connectivity index (χ2n) is 6.96. The number of aromatic nitrogens is 1. The van der Waals surface area contributed by atoms with Crippen LogP contribution in [0.5, 0.6) is 0 Å². The molecule has 1 unspecified atom stereocenters. The highest BCUT2D eigenvalue weighted by atomic mass is 19.1. The molecule has 2 heterocycles. The quantitative estimate of drug-likeness (QED) is 0.843. The SMILES string of the molecule is Cc1cc(C(=O)NCCCN2CCCCC2C)c2cc(F)ccc2n1. The van der Waals surface area contributed by atoms with Crippen molar-refractivity contribution in [1.29, 1.82) is 0 Å². The first kappa shape index (κ1) is 17.8. The van der Waals surface area contributed by atoms with Crippen LogP contribution in [0.2, 0.25) is 0 Å². The molecule has 1 amide bonds. The number of nitrogens with one attached hydrogen (secondary N) is 1. The maximum atomic E-state index is 13.6. The monoisotopic (exact) mass is 343 g/mol.